The first-order valence-electron chi connectivity index (χ1n) is 8.88. The fraction of sp³-hybridized carbons (Fsp3) is 0.526. The molecule has 2 fully saturated rings. The summed E-state index contributed by atoms with van der Waals surface area (Å²) in [5.41, 5.74) is 0.820. The molecule has 2 aliphatic rings. The van der Waals surface area contributed by atoms with Crippen LogP contribution in [0.1, 0.15) is 37.2 Å². The summed E-state index contributed by atoms with van der Waals surface area (Å²) in [7, 11) is 2.17. The number of piperidine rings is 1. The van der Waals surface area contributed by atoms with Gasteiger partial charge in [-0.1, -0.05) is 30.3 Å². The SMILES string of the molecule is CN1C2CCC1CC(OC(=O)C(CO)c1ccccc1)C2.O=C(O)C(=O)O. The van der Waals surface area contributed by atoms with Gasteiger partial charge in [-0.3, -0.25) is 4.79 Å². The second-order valence-corrected chi connectivity index (χ2v) is 6.84. The summed E-state index contributed by atoms with van der Waals surface area (Å²) < 4.78 is 5.70. The molecule has 3 N–H and O–H groups in total. The van der Waals surface area contributed by atoms with Crippen molar-refractivity contribution in [2.24, 2.45) is 0 Å². The van der Waals surface area contributed by atoms with Crippen LogP contribution < -0.4 is 0 Å². The third kappa shape index (κ3) is 5.51. The molecule has 148 valence electrons. The quantitative estimate of drug-likeness (QED) is 0.524. The van der Waals surface area contributed by atoms with Crippen LogP contribution in [0.2, 0.25) is 0 Å². The second kappa shape index (κ2) is 9.48. The molecule has 8 heteroatoms. The lowest BCUT2D eigenvalue weighted by Crippen LogP contribution is -2.43. The molecule has 0 amide bonds. The van der Waals surface area contributed by atoms with Crippen LogP contribution in [0.4, 0.5) is 0 Å². The molecule has 0 aliphatic carbocycles. The second-order valence-electron chi connectivity index (χ2n) is 6.84. The zero-order valence-corrected chi connectivity index (χ0v) is 15.2. The number of carbonyl (C=O) groups is 3. The van der Waals surface area contributed by atoms with E-state index in [0.717, 1.165) is 18.4 Å². The number of nitrogens with zero attached hydrogens (tertiary/aromatic N) is 1. The summed E-state index contributed by atoms with van der Waals surface area (Å²) in [5.74, 6) is -4.51. The van der Waals surface area contributed by atoms with Gasteiger partial charge in [-0.15, -0.1) is 0 Å². The summed E-state index contributed by atoms with van der Waals surface area (Å²) in [6.07, 6.45) is 4.26. The third-order valence-corrected chi connectivity index (χ3v) is 5.19. The fourth-order valence-corrected chi connectivity index (χ4v) is 3.71. The largest absolute Gasteiger partial charge is 0.473 e. The molecule has 2 bridgehead atoms. The maximum absolute atomic E-state index is 12.4. The molecular formula is C19H25NO7. The summed E-state index contributed by atoms with van der Waals surface area (Å²) in [6.45, 7) is -0.206. The number of aliphatic hydroxyl groups excluding tert-OH is 1. The number of aliphatic hydroxyl groups is 1. The Balaban J connectivity index is 0.000000380. The molecule has 2 heterocycles. The Labute approximate surface area is 157 Å². The number of carboxylic acids is 2. The monoisotopic (exact) mass is 379 g/mol. The van der Waals surface area contributed by atoms with Gasteiger partial charge >= 0.3 is 17.9 Å². The lowest BCUT2D eigenvalue weighted by Gasteiger charge is -2.36. The number of rotatable bonds is 4. The Morgan fingerprint density at radius 3 is 2.04 bits per heavy atom. The highest BCUT2D eigenvalue weighted by atomic mass is 16.5. The van der Waals surface area contributed by atoms with Gasteiger partial charge in [0, 0.05) is 12.1 Å². The van der Waals surface area contributed by atoms with Crippen molar-refractivity contribution in [2.45, 2.75) is 49.8 Å². The molecule has 3 rings (SSSR count). The molecule has 0 aromatic heterocycles. The van der Waals surface area contributed by atoms with Crippen LogP contribution >= 0.6 is 0 Å². The van der Waals surface area contributed by atoms with Gasteiger partial charge in [0.25, 0.3) is 0 Å². The highest BCUT2D eigenvalue weighted by Crippen LogP contribution is 2.36. The number of esters is 1. The van der Waals surface area contributed by atoms with E-state index in [1.807, 2.05) is 30.3 Å². The molecule has 1 aromatic carbocycles. The predicted octanol–water partition coefficient (Wildman–Crippen LogP) is 1.09. The zero-order chi connectivity index (χ0) is 20.0. The molecule has 0 spiro atoms. The first-order valence-corrected chi connectivity index (χ1v) is 8.88. The zero-order valence-electron chi connectivity index (χ0n) is 15.2. The van der Waals surface area contributed by atoms with E-state index in [1.165, 1.54) is 12.8 Å². The van der Waals surface area contributed by atoms with Gasteiger partial charge in [0.2, 0.25) is 0 Å². The average molecular weight is 379 g/mol. The molecule has 3 unspecified atom stereocenters. The van der Waals surface area contributed by atoms with E-state index in [4.69, 9.17) is 24.5 Å². The maximum atomic E-state index is 12.4. The van der Waals surface area contributed by atoms with Crippen molar-refractivity contribution in [1.29, 1.82) is 0 Å². The van der Waals surface area contributed by atoms with E-state index in [0.29, 0.717) is 12.1 Å². The Bertz CT molecular complexity index is 637. The van der Waals surface area contributed by atoms with Crippen LogP contribution in [0.15, 0.2) is 30.3 Å². The standard InChI is InChI=1S/C17H23NO3.C2H2O4/c1-18-13-7-8-14(18)10-15(9-13)21-17(20)16(11-19)12-5-3-2-4-6-12;3-1(4)2(5)6/h2-6,13-16,19H,7-11H2,1H3;(H,3,4)(H,5,6). The molecule has 2 saturated heterocycles. The van der Waals surface area contributed by atoms with Gasteiger partial charge in [-0.2, -0.15) is 0 Å². The number of fused-ring (bicyclic) bond motifs is 2. The average Bonchev–Trinajstić information content (AvgIpc) is 2.84. The number of benzene rings is 1. The van der Waals surface area contributed by atoms with Crippen LogP contribution in [0.5, 0.6) is 0 Å². The van der Waals surface area contributed by atoms with Gasteiger partial charge in [-0.05, 0) is 38.3 Å². The molecule has 3 atom stereocenters. The van der Waals surface area contributed by atoms with E-state index in [2.05, 4.69) is 11.9 Å². The van der Waals surface area contributed by atoms with Crippen molar-refractivity contribution >= 4 is 17.9 Å². The van der Waals surface area contributed by atoms with E-state index >= 15 is 0 Å². The fourth-order valence-electron chi connectivity index (χ4n) is 3.71. The molecule has 8 nitrogen and oxygen atoms in total. The van der Waals surface area contributed by atoms with Crippen molar-refractivity contribution in [3.8, 4) is 0 Å². The summed E-state index contributed by atoms with van der Waals surface area (Å²) >= 11 is 0. The first kappa shape index (κ1) is 20.9. The molecule has 1 aromatic rings. The minimum atomic E-state index is -1.82. The Kier molecular flexibility index (Phi) is 7.32. The smallest absolute Gasteiger partial charge is 0.414 e. The van der Waals surface area contributed by atoms with Crippen LogP contribution in [-0.4, -0.2) is 70.0 Å². The number of ether oxygens (including phenoxy) is 1. The topological polar surface area (TPSA) is 124 Å². The number of carbonyl (C=O) groups excluding carboxylic acids is 1. The number of hydrogen-bond donors (Lipinski definition) is 3. The normalized spacial score (nSPS) is 25.0. The molecular weight excluding hydrogens is 354 g/mol. The minimum absolute atomic E-state index is 0.00367. The van der Waals surface area contributed by atoms with Crippen molar-refractivity contribution in [1.82, 2.24) is 4.90 Å². The van der Waals surface area contributed by atoms with Crippen molar-refractivity contribution in [3.05, 3.63) is 35.9 Å². The van der Waals surface area contributed by atoms with Crippen molar-refractivity contribution < 1.29 is 34.4 Å². The number of carboxylic acid groups (broad SMARTS) is 2. The van der Waals surface area contributed by atoms with Gasteiger partial charge in [0.15, 0.2) is 0 Å². The van der Waals surface area contributed by atoms with Gasteiger partial charge in [0.1, 0.15) is 12.0 Å². The Morgan fingerprint density at radius 2 is 1.59 bits per heavy atom. The van der Waals surface area contributed by atoms with E-state index in [1.54, 1.807) is 0 Å². The van der Waals surface area contributed by atoms with Crippen LogP contribution in [0.25, 0.3) is 0 Å². The van der Waals surface area contributed by atoms with Gasteiger partial charge in [-0.25, -0.2) is 9.59 Å². The van der Waals surface area contributed by atoms with Crippen LogP contribution in [0, 0.1) is 0 Å². The minimum Gasteiger partial charge on any atom is -0.473 e. The molecule has 27 heavy (non-hydrogen) atoms. The molecule has 2 aliphatic heterocycles. The maximum Gasteiger partial charge on any atom is 0.414 e. The highest BCUT2D eigenvalue weighted by molar-refractivity contribution is 6.27. The molecule has 0 radical (unpaired) electrons. The third-order valence-electron chi connectivity index (χ3n) is 5.19. The lowest BCUT2D eigenvalue weighted by atomic mass is 9.98. The summed E-state index contributed by atoms with van der Waals surface area (Å²) in [6, 6.07) is 10.5. The Hall–Kier alpha value is -2.45. The van der Waals surface area contributed by atoms with Crippen molar-refractivity contribution in [3.63, 3.8) is 0 Å². The lowest BCUT2D eigenvalue weighted by molar-refractivity contribution is -0.159. The summed E-state index contributed by atoms with van der Waals surface area (Å²) in [5, 5.41) is 24.3. The van der Waals surface area contributed by atoms with Crippen LogP contribution in [0.3, 0.4) is 0 Å². The first-order chi connectivity index (χ1) is 12.8. The van der Waals surface area contributed by atoms with Crippen LogP contribution in [-0.2, 0) is 19.1 Å². The Morgan fingerprint density at radius 1 is 1.07 bits per heavy atom. The number of hydrogen-bond acceptors (Lipinski definition) is 6. The van der Waals surface area contributed by atoms with Gasteiger partial charge < -0.3 is 25.0 Å². The van der Waals surface area contributed by atoms with E-state index in [9.17, 15) is 9.90 Å². The summed E-state index contributed by atoms with van der Waals surface area (Å²) in [4.78, 5) is 33.0. The van der Waals surface area contributed by atoms with Crippen molar-refractivity contribution in [2.75, 3.05) is 13.7 Å². The van der Waals surface area contributed by atoms with Gasteiger partial charge in [0.05, 0.1) is 6.61 Å². The molecule has 0 saturated carbocycles. The van der Waals surface area contributed by atoms with E-state index < -0.39 is 17.9 Å². The number of aliphatic carboxylic acids is 2. The van der Waals surface area contributed by atoms with E-state index in [-0.39, 0.29) is 18.7 Å². The predicted molar refractivity (Wildman–Crippen MR) is 95.2 cm³/mol. The highest BCUT2D eigenvalue weighted by Gasteiger charge is 2.40.